The maximum atomic E-state index is 11.8. The van der Waals surface area contributed by atoms with Crippen molar-refractivity contribution in [2.75, 3.05) is 5.73 Å². The Morgan fingerprint density at radius 2 is 2.00 bits per heavy atom. The van der Waals surface area contributed by atoms with Gasteiger partial charge in [-0.3, -0.25) is 4.79 Å². The SMILES string of the molecule is NC(=O)c1sc2nc3c(c(/C=C/c4ccco4)c2c1N)CCCCCC3. The van der Waals surface area contributed by atoms with E-state index in [0.717, 1.165) is 52.9 Å². The molecule has 0 aromatic carbocycles. The number of furan rings is 1. The van der Waals surface area contributed by atoms with E-state index >= 15 is 0 Å². The van der Waals surface area contributed by atoms with Gasteiger partial charge in [-0.05, 0) is 55.0 Å². The Hall–Kier alpha value is -2.60. The molecule has 6 heteroatoms. The van der Waals surface area contributed by atoms with Gasteiger partial charge in [-0.1, -0.05) is 18.9 Å². The molecule has 0 fully saturated rings. The Morgan fingerprint density at radius 1 is 1.19 bits per heavy atom. The number of hydrogen-bond donors (Lipinski definition) is 2. The van der Waals surface area contributed by atoms with Crippen molar-refractivity contribution in [3.63, 3.8) is 0 Å². The fourth-order valence-electron chi connectivity index (χ4n) is 3.62. The number of nitrogen functional groups attached to an aromatic ring is 1. The summed E-state index contributed by atoms with van der Waals surface area (Å²) in [5, 5.41) is 0.839. The molecule has 1 aliphatic carbocycles. The average molecular weight is 367 g/mol. The number of carbonyl (C=O) groups is 1. The molecule has 0 aliphatic heterocycles. The zero-order valence-electron chi connectivity index (χ0n) is 14.5. The van der Waals surface area contributed by atoms with Crippen LogP contribution >= 0.6 is 11.3 Å². The molecule has 4 N–H and O–H groups in total. The van der Waals surface area contributed by atoms with Crippen LogP contribution in [0.5, 0.6) is 0 Å². The zero-order valence-corrected chi connectivity index (χ0v) is 15.3. The van der Waals surface area contributed by atoms with Gasteiger partial charge in [0, 0.05) is 11.1 Å². The number of aryl methyl sites for hydroxylation is 1. The van der Waals surface area contributed by atoms with Crippen molar-refractivity contribution in [3.05, 3.63) is 45.9 Å². The summed E-state index contributed by atoms with van der Waals surface area (Å²) in [5.41, 5.74) is 15.7. The second-order valence-electron chi connectivity index (χ2n) is 6.60. The van der Waals surface area contributed by atoms with Crippen LogP contribution in [0.15, 0.2) is 22.8 Å². The van der Waals surface area contributed by atoms with Gasteiger partial charge in [0.2, 0.25) is 0 Å². The van der Waals surface area contributed by atoms with Gasteiger partial charge in [-0.15, -0.1) is 11.3 Å². The van der Waals surface area contributed by atoms with Gasteiger partial charge in [-0.25, -0.2) is 4.98 Å². The third-order valence-corrected chi connectivity index (χ3v) is 5.99. The van der Waals surface area contributed by atoms with Gasteiger partial charge in [0.05, 0.1) is 12.0 Å². The smallest absolute Gasteiger partial charge is 0.260 e. The molecule has 5 nitrogen and oxygen atoms in total. The number of amides is 1. The van der Waals surface area contributed by atoms with Crippen molar-refractivity contribution in [1.29, 1.82) is 0 Å². The number of thiophene rings is 1. The van der Waals surface area contributed by atoms with Crippen LogP contribution in [-0.4, -0.2) is 10.9 Å². The van der Waals surface area contributed by atoms with Crippen molar-refractivity contribution in [2.45, 2.75) is 38.5 Å². The molecule has 4 rings (SSSR count). The van der Waals surface area contributed by atoms with E-state index in [4.69, 9.17) is 20.9 Å². The minimum absolute atomic E-state index is 0.387. The molecule has 0 atom stereocenters. The lowest BCUT2D eigenvalue weighted by molar-refractivity contribution is 0.100. The molecule has 3 aromatic heterocycles. The first-order valence-electron chi connectivity index (χ1n) is 8.90. The quantitative estimate of drug-likeness (QED) is 0.717. The van der Waals surface area contributed by atoms with Gasteiger partial charge in [-0.2, -0.15) is 0 Å². The highest BCUT2D eigenvalue weighted by atomic mass is 32.1. The number of nitrogens with zero attached hydrogens (tertiary/aromatic N) is 1. The van der Waals surface area contributed by atoms with E-state index in [1.54, 1.807) is 6.26 Å². The number of hydrogen-bond acceptors (Lipinski definition) is 5. The Kier molecular flexibility index (Phi) is 4.51. The van der Waals surface area contributed by atoms with Crippen LogP contribution in [0.1, 0.15) is 57.9 Å². The van der Waals surface area contributed by atoms with Crippen molar-refractivity contribution in [1.82, 2.24) is 4.98 Å². The van der Waals surface area contributed by atoms with Crippen molar-refractivity contribution in [3.8, 4) is 0 Å². The Morgan fingerprint density at radius 3 is 2.73 bits per heavy atom. The summed E-state index contributed by atoms with van der Waals surface area (Å²) in [5.74, 6) is 0.275. The minimum atomic E-state index is -0.501. The summed E-state index contributed by atoms with van der Waals surface area (Å²) in [6.45, 7) is 0. The predicted molar refractivity (Wildman–Crippen MR) is 106 cm³/mol. The highest BCUT2D eigenvalue weighted by Gasteiger charge is 2.22. The lowest BCUT2D eigenvalue weighted by atomic mass is 9.91. The standard InChI is InChI=1S/C20H21N3O2S/c21-17-16-14(10-9-12-6-5-11-25-12)13-7-3-1-2-4-8-15(13)23-20(16)26-18(17)19(22)24/h5-6,9-11H,1-4,7-8,21H2,(H2,22,24)/b10-9+. The Labute approximate surface area is 155 Å². The summed E-state index contributed by atoms with van der Waals surface area (Å²) in [6.07, 6.45) is 12.3. The molecule has 3 aromatic rings. The molecular weight excluding hydrogens is 346 g/mol. The first-order valence-corrected chi connectivity index (χ1v) is 9.72. The van der Waals surface area contributed by atoms with Crippen LogP contribution in [0.4, 0.5) is 5.69 Å². The number of primary amides is 1. The molecule has 0 saturated carbocycles. The maximum Gasteiger partial charge on any atom is 0.260 e. The number of rotatable bonds is 3. The van der Waals surface area contributed by atoms with Crippen LogP contribution in [0.3, 0.4) is 0 Å². The summed E-state index contributed by atoms with van der Waals surface area (Å²) < 4.78 is 5.42. The van der Waals surface area contributed by atoms with Crippen molar-refractivity contribution in [2.24, 2.45) is 5.73 Å². The lowest BCUT2D eigenvalue weighted by Gasteiger charge is -2.16. The second kappa shape index (κ2) is 6.96. The predicted octanol–water partition coefficient (Wildman–Crippen LogP) is 4.40. The van der Waals surface area contributed by atoms with E-state index in [2.05, 4.69) is 0 Å². The maximum absolute atomic E-state index is 11.8. The van der Waals surface area contributed by atoms with Crippen LogP contribution in [-0.2, 0) is 12.8 Å². The van der Waals surface area contributed by atoms with E-state index in [0.29, 0.717) is 10.6 Å². The average Bonchev–Trinajstić information content (AvgIpc) is 3.21. The van der Waals surface area contributed by atoms with Crippen LogP contribution in [0.25, 0.3) is 22.4 Å². The normalized spacial score (nSPS) is 15.1. The first kappa shape index (κ1) is 16.8. The van der Waals surface area contributed by atoms with Gasteiger partial charge in [0.25, 0.3) is 5.91 Å². The molecule has 0 unspecified atom stereocenters. The number of anilines is 1. The van der Waals surface area contributed by atoms with Gasteiger partial charge in [0.15, 0.2) is 0 Å². The lowest BCUT2D eigenvalue weighted by Crippen LogP contribution is -2.10. The highest BCUT2D eigenvalue weighted by Crippen LogP contribution is 2.39. The number of aromatic nitrogens is 1. The fraction of sp³-hybridized carbons (Fsp3) is 0.300. The summed E-state index contributed by atoms with van der Waals surface area (Å²) in [7, 11) is 0. The van der Waals surface area contributed by atoms with E-state index in [-0.39, 0.29) is 0 Å². The molecular formula is C20H21N3O2S. The van der Waals surface area contributed by atoms with Gasteiger partial charge < -0.3 is 15.9 Å². The molecule has 134 valence electrons. The number of fused-ring (bicyclic) bond motifs is 2. The summed E-state index contributed by atoms with van der Waals surface area (Å²) >= 11 is 1.29. The van der Waals surface area contributed by atoms with Gasteiger partial charge >= 0.3 is 0 Å². The van der Waals surface area contributed by atoms with E-state index < -0.39 is 5.91 Å². The number of carbonyl (C=O) groups excluding carboxylic acids is 1. The van der Waals surface area contributed by atoms with Gasteiger partial charge in [0.1, 0.15) is 15.5 Å². The molecule has 3 heterocycles. The topological polar surface area (TPSA) is 95.1 Å². The number of pyridine rings is 1. The third kappa shape index (κ3) is 3.01. The largest absolute Gasteiger partial charge is 0.465 e. The second-order valence-corrected chi connectivity index (χ2v) is 7.60. The Bertz CT molecular complexity index is 987. The van der Waals surface area contributed by atoms with Crippen LogP contribution in [0, 0.1) is 0 Å². The zero-order chi connectivity index (χ0) is 18.1. The first-order chi connectivity index (χ1) is 12.6. The molecule has 0 saturated heterocycles. The third-order valence-electron chi connectivity index (χ3n) is 4.88. The van der Waals surface area contributed by atoms with Crippen LogP contribution in [0.2, 0.25) is 0 Å². The molecule has 1 aliphatic rings. The summed E-state index contributed by atoms with van der Waals surface area (Å²) in [4.78, 5) is 17.8. The fourth-order valence-corrected chi connectivity index (χ4v) is 4.60. The van der Waals surface area contributed by atoms with E-state index in [1.807, 2.05) is 24.3 Å². The summed E-state index contributed by atoms with van der Waals surface area (Å²) in [6, 6.07) is 3.76. The molecule has 0 radical (unpaired) electrons. The van der Waals surface area contributed by atoms with Crippen molar-refractivity contribution < 1.29 is 9.21 Å². The minimum Gasteiger partial charge on any atom is -0.465 e. The van der Waals surface area contributed by atoms with Crippen LogP contribution < -0.4 is 11.5 Å². The number of nitrogens with two attached hydrogens (primary N) is 2. The molecule has 0 bridgehead atoms. The van der Waals surface area contributed by atoms with Crippen molar-refractivity contribution >= 4 is 45.3 Å². The monoisotopic (exact) mass is 367 g/mol. The Balaban J connectivity index is 1.96. The molecule has 1 amide bonds. The van der Waals surface area contributed by atoms with E-state index in [9.17, 15) is 4.79 Å². The highest BCUT2D eigenvalue weighted by molar-refractivity contribution is 7.21. The molecule has 0 spiro atoms. The molecule has 26 heavy (non-hydrogen) atoms. The van der Waals surface area contributed by atoms with E-state index in [1.165, 1.54) is 29.7 Å².